The highest BCUT2D eigenvalue weighted by Gasteiger charge is 2.17. The Morgan fingerprint density at radius 1 is 1.45 bits per heavy atom. The fourth-order valence-electron chi connectivity index (χ4n) is 1.89. The summed E-state index contributed by atoms with van der Waals surface area (Å²) in [6.07, 6.45) is 7.49. The van der Waals surface area contributed by atoms with E-state index < -0.39 is 0 Å². The van der Waals surface area contributed by atoms with Crippen LogP contribution in [-0.4, -0.2) is 31.9 Å². The van der Waals surface area contributed by atoms with Crippen LogP contribution in [-0.2, 0) is 7.05 Å². The average Bonchev–Trinajstić information content (AvgIpc) is 2.90. The van der Waals surface area contributed by atoms with Crippen LogP contribution < -0.4 is 5.32 Å². The summed E-state index contributed by atoms with van der Waals surface area (Å²) >= 11 is 1.44. The molecule has 1 N–H and O–H groups in total. The summed E-state index contributed by atoms with van der Waals surface area (Å²) in [4.78, 5) is 20.4. The van der Waals surface area contributed by atoms with Gasteiger partial charge in [-0.3, -0.25) is 9.48 Å². The quantitative estimate of drug-likeness (QED) is 0.672. The molecule has 0 aliphatic carbocycles. The third-order valence-electron chi connectivity index (χ3n) is 3.00. The molecule has 6 nitrogen and oxygen atoms in total. The van der Waals surface area contributed by atoms with Crippen LogP contribution in [0.1, 0.15) is 35.4 Å². The number of aromatic nitrogens is 4. The smallest absolute Gasteiger partial charge is 0.254 e. The Morgan fingerprint density at radius 3 is 2.65 bits per heavy atom. The lowest BCUT2D eigenvalue weighted by Gasteiger charge is -2.17. The number of hydrogen-bond acceptors (Lipinski definition) is 5. The fourth-order valence-corrected chi connectivity index (χ4v) is 2.21. The molecule has 0 saturated carbocycles. The van der Waals surface area contributed by atoms with Gasteiger partial charge in [-0.15, -0.1) is 0 Å². The summed E-state index contributed by atoms with van der Waals surface area (Å²) in [5.41, 5.74) is 1.44. The lowest BCUT2D eigenvalue weighted by Crippen LogP contribution is -2.29. The highest BCUT2D eigenvalue weighted by atomic mass is 32.2. The molecule has 0 fully saturated rings. The number of nitrogens with one attached hydrogen (secondary N) is 1. The molecule has 2 aromatic heterocycles. The Hall–Kier alpha value is -1.89. The molecule has 0 bridgehead atoms. The maximum absolute atomic E-state index is 12.2. The highest BCUT2D eigenvalue weighted by Crippen LogP contribution is 2.16. The van der Waals surface area contributed by atoms with Crippen LogP contribution in [0.3, 0.4) is 0 Å². The van der Waals surface area contributed by atoms with Crippen molar-refractivity contribution in [3.05, 3.63) is 35.9 Å². The molecule has 0 aliphatic rings. The van der Waals surface area contributed by atoms with Crippen LogP contribution in [0.2, 0.25) is 0 Å². The molecule has 7 heteroatoms. The van der Waals surface area contributed by atoms with Crippen molar-refractivity contribution in [2.45, 2.75) is 24.5 Å². The molecule has 106 valence electrons. The van der Waals surface area contributed by atoms with Gasteiger partial charge < -0.3 is 5.32 Å². The van der Waals surface area contributed by atoms with Crippen molar-refractivity contribution in [1.82, 2.24) is 25.1 Å². The number of thioether (sulfide) groups is 1. The van der Waals surface area contributed by atoms with Crippen LogP contribution in [0, 0.1) is 0 Å². The van der Waals surface area contributed by atoms with Gasteiger partial charge in [0.05, 0.1) is 17.3 Å². The molecule has 2 heterocycles. The number of carbonyl (C=O) groups excluding carboxylic acids is 1. The van der Waals surface area contributed by atoms with Crippen LogP contribution in [0.5, 0.6) is 0 Å². The highest BCUT2D eigenvalue weighted by molar-refractivity contribution is 7.98. The van der Waals surface area contributed by atoms with Crippen LogP contribution in [0.4, 0.5) is 0 Å². The van der Waals surface area contributed by atoms with E-state index in [1.165, 1.54) is 11.8 Å². The first-order valence-electron chi connectivity index (χ1n) is 6.30. The molecule has 0 saturated heterocycles. The first-order valence-corrected chi connectivity index (χ1v) is 7.53. The maximum Gasteiger partial charge on any atom is 0.254 e. The van der Waals surface area contributed by atoms with Gasteiger partial charge in [0.2, 0.25) is 0 Å². The van der Waals surface area contributed by atoms with E-state index in [2.05, 4.69) is 20.4 Å². The van der Waals surface area contributed by atoms with E-state index >= 15 is 0 Å². The second kappa shape index (κ2) is 6.51. The SMILES string of the molecule is CC[C@H](NC(=O)c1cnc(SC)nc1)c1ccnn1C. The van der Waals surface area contributed by atoms with E-state index in [0.29, 0.717) is 10.7 Å². The number of rotatable bonds is 5. The summed E-state index contributed by atoms with van der Waals surface area (Å²) in [5, 5.41) is 7.76. The first kappa shape index (κ1) is 14.5. The van der Waals surface area contributed by atoms with Gasteiger partial charge in [-0.1, -0.05) is 18.7 Å². The Kier molecular flexibility index (Phi) is 4.73. The van der Waals surface area contributed by atoms with Crippen molar-refractivity contribution < 1.29 is 4.79 Å². The number of amides is 1. The summed E-state index contributed by atoms with van der Waals surface area (Å²) in [7, 11) is 1.86. The van der Waals surface area contributed by atoms with E-state index in [1.54, 1.807) is 23.3 Å². The fraction of sp³-hybridized carbons (Fsp3) is 0.385. The van der Waals surface area contributed by atoms with Gasteiger partial charge in [-0.2, -0.15) is 5.10 Å². The molecule has 2 rings (SSSR count). The summed E-state index contributed by atoms with van der Waals surface area (Å²) in [6, 6.07) is 1.83. The lowest BCUT2D eigenvalue weighted by molar-refractivity contribution is 0.0933. The molecular weight excluding hydrogens is 274 g/mol. The summed E-state index contributed by atoms with van der Waals surface area (Å²) in [6.45, 7) is 2.02. The zero-order chi connectivity index (χ0) is 14.5. The monoisotopic (exact) mass is 291 g/mol. The van der Waals surface area contributed by atoms with E-state index in [0.717, 1.165) is 12.1 Å². The van der Waals surface area contributed by atoms with Crippen molar-refractivity contribution in [1.29, 1.82) is 0 Å². The van der Waals surface area contributed by atoms with Crippen molar-refractivity contribution >= 4 is 17.7 Å². The largest absolute Gasteiger partial charge is 0.344 e. The van der Waals surface area contributed by atoms with E-state index in [1.807, 2.05) is 26.3 Å². The lowest BCUT2D eigenvalue weighted by atomic mass is 10.1. The number of aryl methyl sites for hydroxylation is 1. The Labute approximate surface area is 122 Å². The van der Waals surface area contributed by atoms with Gasteiger partial charge in [0, 0.05) is 25.6 Å². The van der Waals surface area contributed by atoms with Crippen LogP contribution in [0.15, 0.2) is 29.8 Å². The van der Waals surface area contributed by atoms with Crippen molar-refractivity contribution in [3.63, 3.8) is 0 Å². The minimum absolute atomic E-state index is 0.0739. The second-order valence-corrected chi connectivity index (χ2v) is 5.05. The van der Waals surface area contributed by atoms with Crippen molar-refractivity contribution in [2.75, 3.05) is 6.26 Å². The van der Waals surface area contributed by atoms with Crippen LogP contribution in [0.25, 0.3) is 0 Å². The van der Waals surface area contributed by atoms with Gasteiger partial charge in [-0.25, -0.2) is 9.97 Å². The predicted octanol–water partition coefficient (Wildman–Crippen LogP) is 1.81. The maximum atomic E-state index is 12.2. The van der Waals surface area contributed by atoms with Gasteiger partial charge in [0.25, 0.3) is 5.91 Å². The average molecular weight is 291 g/mol. The Bertz CT molecular complexity index is 581. The van der Waals surface area contributed by atoms with Gasteiger partial charge >= 0.3 is 0 Å². The molecule has 1 atom stereocenters. The number of nitrogens with zero attached hydrogens (tertiary/aromatic N) is 4. The van der Waals surface area contributed by atoms with Crippen molar-refractivity contribution in [2.24, 2.45) is 7.05 Å². The standard InChI is InChI=1S/C13H17N5OS/c1-4-10(11-5-6-16-18(11)2)17-12(19)9-7-14-13(20-3)15-8-9/h5-8,10H,4H2,1-3H3,(H,17,19)/t10-/m0/s1. The Balaban J connectivity index is 2.11. The van der Waals surface area contributed by atoms with E-state index in [9.17, 15) is 4.79 Å². The first-order chi connectivity index (χ1) is 9.65. The zero-order valence-corrected chi connectivity index (χ0v) is 12.5. The molecule has 0 radical (unpaired) electrons. The van der Waals surface area contributed by atoms with Gasteiger partial charge in [0.1, 0.15) is 0 Å². The minimum atomic E-state index is -0.175. The molecule has 2 aromatic rings. The molecule has 0 aliphatic heterocycles. The third-order valence-corrected chi connectivity index (χ3v) is 3.58. The molecule has 0 spiro atoms. The zero-order valence-electron chi connectivity index (χ0n) is 11.7. The van der Waals surface area contributed by atoms with Gasteiger partial charge in [0.15, 0.2) is 5.16 Å². The van der Waals surface area contributed by atoms with Crippen molar-refractivity contribution in [3.8, 4) is 0 Å². The summed E-state index contributed by atoms with van der Waals surface area (Å²) in [5.74, 6) is -0.175. The van der Waals surface area contributed by atoms with Crippen LogP contribution >= 0.6 is 11.8 Å². The Morgan fingerprint density at radius 2 is 2.15 bits per heavy atom. The number of carbonyl (C=O) groups is 1. The van der Waals surface area contributed by atoms with E-state index in [-0.39, 0.29) is 11.9 Å². The molecular formula is C13H17N5OS. The third kappa shape index (κ3) is 3.16. The summed E-state index contributed by atoms with van der Waals surface area (Å²) < 4.78 is 1.77. The van der Waals surface area contributed by atoms with Gasteiger partial charge in [-0.05, 0) is 18.7 Å². The van der Waals surface area contributed by atoms with E-state index in [4.69, 9.17) is 0 Å². The predicted molar refractivity (Wildman–Crippen MR) is 77.5 cm³/mol. The normalized spacial score (nSPS) is 12.2. The molecule has 20 heavy (non-hydrogen) atoms. The number of hydrogen-bond donors (Lipinski definition) is 1. The second-order valence-electron chi connectivity index (χ2n) is 4.27. The minimum Gasteiger partial charge on any atom is -0.344 e. The molecule has 0 unspecified atom stereocenters. The molecule has 1 amide bonds. The topological polar surface area (TPSA) is 72.7 Å². The molecule has 0 aromatic carbocycles.